The molecule has 1 aromatic rings. The fourth-order valence-corrected chi connectivity index (χ4v) is 1.16. The molecule has 0 saturated carbocycles. The Hall–Kier alpha value is -1.54. The molecule has 0 saturated heterocycles. The summed E-state index contributed by atoms with van der Waals surface area (Å²) in [5.74, 6) is -0.655. The lowest BCUT2D eigenvalue weighted by Crippen LogP contribution is -2.23. The third-order valence-corrected chi connectivity index (χ3v) is 1.74. The van der Waals surface area contributed by atoms with Gasteiger partial charge in [-0.1, -0.05) is 0 Å². The fourth-order valence-electron chi connectivity index (χ4n) is 1.16. The highest BCUT2D eigenvalue weighted by atomic mass is 19.4. The van der Waals surface area contributed by atoms with Gasteiger partial charge in [0, 0.05) is 18.2 Å². The smallest absolute Gasteiger partial charge is 0.403 e. The first-order valence-electron chi connectivity index (χ1n) is 4.19. The SMILES string of the molecule is NCc1[nH]c(=O)cc(CO)c1OC(F)(F)F. The van der Waals surface area contributed by atoms with Crippen molar-refractivity contribution < 1.29 is 23.0 Å². The molecule has 0 fully saturated rings. The maximum atomic E-state index is 12.0. The molecule has 0 aliphatic heterocycles. The van der Waals surface area contributed by atoms with Gasteiger partial charge in [-0.05, 0) is 0 Å². The number of hydrogen-bond acceptors (Lipinski definition) is 4. The van der Waals surface area contributed by atoms with Crippen LogP contribution < -0.4 is 16.0 Å². The molecule has 1 heterocycles. The number of aliphatic hydroxyl groups excluding tert-OH is 1. The van der Waals surface area contributed by atoms with E-state index in [9.17, 15) is 18.0 Å². The lowest BCUT2D eigenvalue weighted by Gasteiger charge is -2.14. The molecule has 0 unspecified atom stereocenters. The van der Waals surface area contributed by atoms with E-state index >= 15 is 0 Å². The van der Waals surface area contributed by atoms with Crippen LogP contribution in [0.2, 0.25) is 0 Å². The van der Waals surface area contributed by atoms with Gasteiger partial charge in [-0.25, -0.2) is 0 Å². The topological polar surface area (TPSA) is 88.3 Å². The molecule has 0 aliphatic carbocycles. The van der Waals surface area contributed by atoms with E-state index in [2.05, 4.69) is 9.72 Å². The predicted molar refractivity (Wildman–Crippen MR) is 47.6 cm³/mol. The fraction of sp³-hybridized carbons (Fsp3) is 0.375. The van der Waals surface area contributed by atoms with Crippen molar-refractivity contribution in [1.29, 1.82) is 0 Å². The zero-order valence-corrected chi connectivity index (χ0v) is 7.97. The van der Waals surface area contributed by atoms with Gasteiger partial charge in [-0.15, -0.1) is 13.2 Å². The number of aromatic amines is 1. The van der Waals surface area contributed by atoms with Crippen LogP contribution in [0.25, 0.3) is 0 Å². The van der Waals surface area contributed by atoms with Crippen LogP contribution in [0.3, 0.4) is 0 Å². The van der Waals surface area contributed by atoms with Gasteiger partial charge in [0.15, 0.2) is 5.75 Å². The molecule has 4 N–H and O–H groups in total. The maximum Gasteiger partial charge on any atom is 0.573 e. The monoisotopic (exact) mass is 238 g/mol. The summed E-state index contributed by atoms with van der Waals surface area (Å²) in [6.07, 6.45) is -4.91. The summed E-state index contributed by atoms with van der Waals surface area (Å²) in [6, 6.07) is 0.820. The van der Waals surface area contributed by atoms with Crippen molar-refractivity contribution in [1.82, 2.24) is 4.98 Å². The molecule has 0 atom stereocenters. The second-order valence-electron chi connectivity index (χ2n) is 2.88. The second-order valence-corrected chi connectivity index (χ2v) is 2.88. The zero-order valence-electron chi connectivity index (χ0n) is 7.97. The minimum absolute atomic E-state index is 0.214. The maximum absolute atomic E-state index is 12.0. The van der Waals surface area contributed by atoms with Crippen molar-refractivity contribution >= 4 is 0 Å². The van der Waals surface area contributed by atoms with Gasteiger partial charge in [0.2, 0.25) is 5.56 Å². The summed E-state index contributed by atoms with van der Waals surface area (Å²) < 4.78 is 39.8. The summed E-state index contributed by atoms with van der Waals surface area (Å²) in [4.78, 5) is 13.1. The number of pyridine rings is 1. The average molecular weight is 238 g/mol. The van der Waals surface area contributed by atoms with E-state index in [4.69, 9.17) is 10.8 Å². The molecular weight excluding hydrogens is 229 g/mol. The van der Waals surface area contributed by atoms with Crippen molar-refractivity contribution in [3.8, 4) is 5.75 Å². The first-order chi connectivity index (χ1) is 7.37. The standard InChI is InChI=1S/C8H9F3N2O3/c9-8(10,11)16-7-4(3-14)1-6(15)13-5(7)2-12/h1,14H,2-3,12H2,(H,13,15). The van der Waals surface area contributed by atoms with Crippen molar-refractivity contribution in [3.05, 3.63) is 27.7 Å². The number of alkyl halides is 3. The Morgan fingerprint density at radius 3 is 2.56 bits per heavy atom. The predicted octanol–water partition coefficient (Wildman–Crippen LogP) is 0.225. The quantitative estimate of drug-likeness (QED) is 0.703. The Bertz CT molecular complexity index is 399. The van der Waals surface area contributed by atoms with E-state index in [1.807, 2.05) is 0 Å². The number of H-pyrrole nitrogens is 1. The molecule has 0 radical (unpaired) electrons. The van der Waals surface area contributed by atoms with Crippen LogP contribution in [0, 0.1) is 0 Å². The molecule has 90 valence electrons. The molecule has 5 nitrogen and oxygen atoms in total. The van der Waals surface area contributed by atoms with Gasteiger partial charge in [0.25, 0.3) is 0 Å². The number of hydrogen-bond donors (Lipinski definition) is 3. The number of nitrogens with one attached hydrogen (secondary N) is 1. The number of ether oxygens (including phenoxy) is 1. The van der Waals surface area contributed by atoms with E-state index in [0.717, 1.165) is 6.07 Å². The number of nitrogens with two attached hydrogens (primary N) is 1. The van der Waals surface area contributed by atoms with E-state index in [1.165, 1.54) is 0 Å². The van der Waals surface area contributed by atoms with Crippen LogP contribution in [-0.4, -0.2) is 16.5 Å². The van der Waals surface area contributed by atoms with Crippen LogP contribution in [0.5, 0.6) is 5.75 Å². The molecule has 8 heteroatoms. The van der Waals surface area contributed by atoms with Gasteiger partial charge >= 0.3 is 6.36 Å². The van der Waals surface area contributed by atoms with Gasteiger partial charge in [0.1, 0.15) is 0 Å². The number of aromatic nitrogens is 1. The number of aliphatic hydroxyl groups is 1. The molecule has 0 aliphatic rings. The third kappa shape index (κ3) is 2.97. The molecule has 0 amide bonds. The molecule has 0 spiro atoms. The minimum atomic E-state index is -4.91. The van der Waals surface area contributed by atoms with Gasteiger partial charge in [0.05, 0.1) is 12.3 Å². The highest BCUT2D eigenvalue weighted by molar-refractivity contribution is 5.36. The van der Waals surface area contributed by atoms with Crippen molar-refractivity contribution in [2.45, 2.75) is 19.5 Å². The average Bonchev–Trinajstić information content (AvgIpc) is 2.18. The summed E-state index contributed by atoms with van der Waals surface area (Å²) in [5.41, 5.74) is 4.03. The highest BCUT2D eigenvalue weighted by Crippen LogP contribution is 2.27. The van der Waals surface area contributed by atoms with Crippen LogP contribution in [-0.2, 0) is 13.2 Å². The lowest BCUT2D eigenvalue weighted by atomic mass is 10.2. The Morgan fingerprint density at radius 2 is 2.12 bits per heavy atom. The van der Waals surface area contributed by atoms with Crippen LogP contribution in [0.1, 0.15) is 11.3 Å². The molecular formula is C8H9F3N2O3. The first kappa shape index (κ1) is 12.5. The van der Waals surface area contributed by atoms with Gasteiger partial charge in [-0.2, -0.15) is 0 Å². The molecule has 0 aromatic carbocycles. The minimum Gasteiger partial charge on any atom is -0.403 e. The Kier molecular flexibility index (Phi) is 3.55. The molecule has 1 rings (SSSR count). The Balaban J connectivity index is 3.28. The molecule has 0 bridgehead atoms. The highest BCUT2D eigenvalue weighted by Gasteiger charge is 2.33. The van der Waals surface area contributed by atoms with Crippen molar-refractivity contribution in [3.63, 3.8) is 0 Å². The molecule has 16 heavy (non-hydrogen) atoms. The number of rotatable bonds is 3. The normalized spacial score (nSPS) is 11.6. The van der Waals surface area contributed by atoms with Crippen LogP contribution >= 0.6 is 0 Å². The third-order valence-electron chi connectivity index (χ3n) is 1.74. The van der Waals surface area contributed by atoms with E-state index in [-0.39, 0.29) is 17.8 Å². The lowest BCUT2D eigenvalue weighted by molar-refractivity contribution is -0.275. The summed E-state index contributed by atoms with van der Waals surface area (Å²) in [7, 11) is 0. The van der Waals surface area contributed by atoms with Gasteiger partial charge in [-0.3, -0.25) is 4.79 Å². The Morgan fingerprint density at radius 1 is 1.50 bits per heavy atom. The number of halogens is 3. The summed E-state index contributed by atoms with van der Waals surface area (Å²) in [6.45, 7) is -1.09. The van der Waals surface area contributed by atoms with E-state index < -0.39 is 24.3 Å². The largest absolute Gasteiger partial charge is 0.573 e. The van der Waals surface area contributed by atoms with Crippen molar-refractivity contribution in [2.75, 3.05) is 0 Å². The van der Waals surface area contributed by atoms with E-state index in [1.54, 1.807) is 0 Å². The zero-order chi connectivity index (χ0) is 12.3. The van der Waals surface area contributed by atoms with E-state index in [0.29, 0.717) is 0 Å². The van der Waals surface area contributed by atoms with Crippen molar-refractivity contribution in [2.24, 2.45) is 5.73 Å². The second kappa shape index (κ2) is 4.54. The molecule has 1 aromatic heterocycles. The Labute approximate surface area is 87.7 Å². The van der Waals surface area contributed by atoms with Crippen LogP contribution in [0.4, 0.5) is 13.2 Å². The van der Waals surface area contributed by atoms with Crippen LogP contribution in [0.15, 0.2) is 10.9 Å². The summed E-state index contributed by atoms with van der Waals surface area (Å²) in [5, 5.41) is 8.82. The first-order valence-corrected chi connectivity index (χ1v) is 4.19. The van der Waals surface area contributed by atoms with Gasteiger partial charge < -0.3 is 20.6 Å². The summed E-state index contributed by atoms with van der Waals surface area (Å²) >= 11 is 0.